The maximum atomic E-state index is 8.54. The first kappa shape index (κ1) is 21.1. The van der Waals surface area contributed by atoms with Gasteiger partial charge in [-0.15, -0.1) is 0 Å². The lowest BCUT2D eigenvalue weighted by Gasteiger charge is -2.32. The van der Waals surface area contributed by atoms with E-state index < -0.39 is 0 Å². The van der Waals surface area contributed by atoms with Crippen LogP contribution in [0.25, 0.3) is 0 Å². The van der Waals surface area contributed by atoms with Crippen LogP contribution in [0.1, 0.15) is 88.2 Å². The molecule has 2 nitrogen and oxygen atoms in total. The Morgan fingerprint density at radius 1 is 0.964 bits per heavy atom. The molecular formula is C26H37NO. The molecule has 0 unspecified atom stereocenters. The first-order valence-electron chi connectivity index (χ1n) is 11.5. The Morgan fingerprint density at radius 2 is 1.64 bits per heavy atom. The maximum Gasteiger partial charge on any atom is 0.0908 e. The van der Waals surface area contributed by atoms with E-state index in [1.54, 1.807) is 11.6 Å². The van der Waals surface area contributed by atoms with E-state index in [-0.39, 0.29) is 0 Å². The summed E-state index contributed by atoms with van der Waals surface area (Å²) in [4.78, 5) is 0. The monoisotopic (exact) mass is 379 g/mol. The molecule has 152 valence electrons. The predicted octanol–water partition coefficient (Wildman–Crippen LogP) is 6.96. The summed E-state index contributed by atoms with van der Waals surface area (Å²) in [5, 5.41) is 8.54. The first-order valence-corrected chi connectivity index (χ1v) is 11.5. The number of allylic oxidation sites excluding steroid dienone is 2. The van der Waals surface area contributed by atoms with E-state index in [0.29, 0.717) is 6.10 Å². The fourth-order valence-electron chi connectivity index (χ4n) is 5.02. The van der Waals surface area contributed by atoms with Crippen molar-refractivity contribution in [2.24, 2.45) is 11.8 Å². The summed E-state index contributed by atoms with van der Waals surface area (Å²) in [5.41, 5.74) is 2.98. The summed E-state index contributed by atoms with van der Waals surface area (Å²) in [6.45, 7) is 3.20. The van der Waals surface area contributed by atoms with Gasteiger partial charge < -0.3 is 4.74 Å². The molecule has 0 aliphatic heterocycles. The summed E-state index contributed by atoms with van der Waals surface area (Å²) in [6.07, 6.45) is 17.9. The third-order valence-electron chi connectivity index (χ3n) is 7.00. The Bertz CT molecular complexity index is 625. The molecule has 0 aromatic heterocycles. The minimum atomic E-state index is 0.491. The zero-order valence-electron chi connectivity index (χ0n) is 17.6. The molecule has 0 saturated heterocycles. The molecule has 0 N–H and O–H groups in total. The molecule has 0 radical (unpaired) electrons. The minimum absolute atomic E-state index is 0.491. The summed E-state index contributed by atoms with van der Waals surface area (Å²) in [6, 6.07) is 11.4. The maximum absolute atomic E-state index is 8.54. The van der Waals surface area contributed by atoms with Crippen LogP contribution in [0.3, 0.4) is 0 Å². The van der Waals surface area contributed by atoms with Gasteiger partial charge in [-0.25, -0.2) is 0 Å². The molecule has 0 atom stereocenters. The standard InChI is InChI=1S/C26H37NO/c1-2-21-7-13-24(14-8-21)25-15-9-23(10-16-25)20-28-26-17-11-22(12-18-26)6-4-3-5-19-27/h3,5,7-8,13-14,22-23,25-26H,2,4,6,9-12,15-18,20H2,1H3. The quantitative estimate of drug-likeness (QED) is 0.457. The Hall–Kier alpha value is -1.59. The van der Waals surface area contributed by atoms with Gasteiger partial charge in [-0.3, -0.25) is 0 Å². The van der Waals surface area contributed by atoms with Crippen molar-refractivity contribution < 1.29 is 4.74 Å². The van der Waals surface area contributed by atoms with Crippen molar-refractivity contribution in [3.63, 3.8) is 0 Å². The fraction of sp³-hybridized carbons (Fsp3) is 0.654. The van der Waals surface area contributed by atoms with Gasteiger partial charge in [-0.1, -0.05) is 37.3 Å². The summed E-state index contributed by atoms with van der Waals surface area (Å²) >= 11 is 0. The zero-order valence-corrected chi connectivity index (χ0v) is 17.6. The van der Waals surface area contributed by atoms with E-state index in [9.17, 15) is 0 Å². The van der Waals surface area contributed by atoms with Crippen LogP contribution in [0.4, 0.5) is 0 Å². The van der Waals surface area contributed by atoms with Gasteiger partial charge in [-0.2, -0.15) is 5.26 Å². The van der Waals surface area contributed by atoms with Crippen molar-refractivity contribution in [1.29, 1.82) is 5.26 Å². The number of nitrogens with zero attached hydrogens (tertiary/aromatic N) is 1. The number of ether oxygens (including phenoxy) is 1. The van der Waals surface area contributed by atoms with Crippen LogP contribution in [0.2, 0.25) is 0 Å². The number of nitriles is 1. The zero-order chi connectivity index (χ0) is 19.6. The van der Waals surface area contributed by atoms with E-state index in [0.717, 1.165) is 37.2 Å². The van der Waals surface area contributed by atoms with Crippen LogP contribution in [0.15, 0.2) is 36.4 Å². The summed E-state index contributed by atoms with van der Waals surface area (Å²) < 4.78 is 6.33. The average molecular weight is 380 g/mol. The molecule has 2 aliphatic carbocycles. The Balaban J connectivity index is 1.30. The molecule has 1 aromatic rings. The van der Waals surface area contributed by atoms with Gasteiger partial charge >= 0.3 is 0 Å². The van der Waals surface area contributed by atoms with Gasteiger partial charge in [-0.05, 0) is 99.5 Å². The number of rotatable bonds is 8. The highest BCUT2D eigenvalue weighted by molar-refractivity contribution is 5.25. The molecule has 2 aliphatic rings. The van der Waals surface area contributed by atoms with Crippen LogP contribution in [0.5, 0.6) is 0 Å². The minimum Gasteiger partial charge on any atom is -0.378 e. The molecule has 28 heavy (non-hydrogen) atoms. The average Bonchev–Trinajstić information content (AvgIpc) is 2.76. The van der Waals surface area contributed by atoms with Crippen molar-refractivity contribution in [3.8, 4) is 6.07 Å². The third kappa shape index (κ3) is 6.49. The predicted molar refractivity (Wildman–Crippen MR) is 116 cm³/mol. The first-order chi connectivity index (χ1) is 13.8. The molecule has 3 rings (SSSR count). The van der Waals surface area contributed by atoms with E-state index in [1.807, 2.05) is 6.08 Å². The summed E-state index contributed by atoms with van der Waals surface area (Å²) in [5.74, 6) is 2.35. The second-order valence-electron chi connectivity index (χ2n) is 8.90. The Labute approximate surface area is 172 Å². The van der Waals surface area contributed by atoms with E-state index in [2.05, 4.69) is 37.3 Å². The third-order valence-corrected chi connectivity index (χ3v) is 7.00. The SMILES string of the molecule is CCc1ccc(C2CCC(COC3CCC(CCC=CC#N)CC3)CC2)cc1. The highest BCUT2D eigenvalue weighted by Crippen LogP contribution is 2.37. The molecule has 1 aromatic carbocycles. The Morgan fingerprint density at radius 3 is 2.29 bits per heavy atom. The number of aryl methyl sites for hydroxylation is 1. The van der Waals surface area contributed by atoms with Crippen LogP contribution in [-0.2, 0) is 11.2 Å². The van der Waals surface area contributed by atoms with Crippen LogP contribution in [-0.4, -0.2) is 12.7 Å². The second kappa shape index (κ2) is 11.4. The number of benzene rings is 1. The highest BCUT2D eigenvalue weighted by atomic mass is 16.5. The molecule has 2 fully saturated rings. The molecule has 2 heteroatoms. The lowest BCUT2D eigenvalue weighted by Crippen LogP contribution is -2.25. The van der Waals surface area contributed by atoms with Crippen molar-refractivity contribution in [1.82, 2.24) is 0 Å². The van der Waals surface area contributed by atoms with Crippen LogP contribution in [0, 0.1) is 23.2 Å². The van der Waals surface area contributed by atoms with Gasteiger partial charge in [0.1, 0.15) is 0 Å². The van der Waals surface area contributed by atoms with Crippen molar-refractivity contribution >= 4 is 0 Å². The number of hydrogen-bond acceptors (Lipinski definition) is 2. The van der Waals surface area contributed by atoms with Crippen molar-refractivity contribution in [2.75, 3.05) is 6.61 Å². The normalized spacial score (nSPS) is 28.3. The summed E-state index contributed by atoms with van der Waals surface area (Å²) in [7, 11) is 0. The van der Waals surface area contributed by atoms with Gasteiger partial charge in [0, 0.05) is 12.7 Å². The smallest absolute Gasteiger partial charge is 0.0908 e. The van der Waals surface area contributed by atoms with Gasteiger partial charge in [0.25, 0.3) is 0 Å². The van der Waals surface area contributed by atoms with Gasteiger partial charge in [0.05, 0.1) is 12.2 Å². The lowest BCUT2D eigenvalue weighted by molar-refractivity contribution is -0.00824. The second-order valence-corrected chi connectivity index (χ2v) is 8.90. The number of hydrogen-bond donors (Lipinski definition) is 0. The molecule has 0 heterocycles. The van der Waals surface area contributed by atoms with E-state index in [4.69, 9.17) is 10.00 Å². The van der Waals surface area contributed by atoms with Crippen molar-refractivity contribution in [3.05, 3.63) is 47.5 Å². The largest absolute Gasteiger partial charge is 0.378 e. The van der Waals surface area contributed by atoms with Crippen LogP contribution < -0.4 is 0 Å². The molecule has 0 bridgehead atoms. The van der Waals surface area contributed by atoms with Crippen molar-refractivity contribution in [2.45, 2.75) is 89.6 Å². The molecule has 0 amide bonds. The Kier molecular flexibility index (Phi) is 8.62. The molecule has 2 saturated carbocycles. The fourth-order valence-corrected chi connectivity index (χ4v) is 5.02. The van der Waals surface area contributed by atoms with Gasteiger partial charge in [0.15, 0.2) is 0 Å². The lowest BCUT2D eigenvalue weighted by atomic mass is 9.79. The van der Waals surface area contributed by atoms with Crippen LogP contribution >= 0.6 is 0 Å². The highest BCUT2D eigenvalue weighted by Gasteiger charge is 2.25. The van der Waals surface area contributed by atoms with Gasteiger partial charge in [0.2, 0.25) is 0 Å². The van der Waals surface area contributed by atoms with E-state index in [1.165, 1.54) is 63.4 Å². The molecular weight excluding hydrogens is 342 g/mol. The van der Waals surface area contributed by atoms with E-state index >= 15 is 0 Å². The molecule has 0 spiro atoms. The topological polar surface area (TPSA) is 33.0 Å².